The fraction of sp³-hybridized carbons (Fsp3) is 0.462. The van der Waals surface area contributed by atoms with Crippen molar-refractivity contribution in [3.63, 3.8) is 0 Å². The molecule has 5 heteroatoms. The summed E-state index contributed by atoms with van der Waals surface area (Å²) in [5.41, 5.74) is 6.86. The minimum Gasteiger partial charge on any atom is -0.478 e. The van der Waals surface area contributed by atoms with Gasteiger partial charge in [0.1, 0.15) is 0 Å². The minimum atomic E-state index is -0.990. The van der Waals surface area contributed by atoms with Crippen molar-refractivity contribution in [2.24, 2.45) is 0 Å². The van der Waals surface area contributed by atoms with Gasteiger partial charge in [-0.2, -0.15) is 0 Å². The fourth-order valence-corrected chi connectivity index (χ4v) is 2.22. The zero-order chi connectivity index (χ0) is 13.0. The molecule has 98 valence electrons. The summed E-state index contributed by atoms with van der Waals surface area (Å²) >= 11 is 0. The zero-order valence-electron chi connectivity index (χ0n) is 10.4. The fourth-order valence-electron chi connectivity index (χ4n) is 2.22. The van der Waals surface area contributed by atoms with E-state index in [0.29, 0.717) is 5.69 Å². The van der Waals surface area contributed by atoms with Crippen LogP contribution in [0.25, 0.3) is 0 Å². The molecular weight excluding hydrogens is 230 g/mol. The maximum Gasteiger partial charge on any atom is 0.337 e. The number of nitrogens with one attached hydrogen (secondary N) is 1. The van der Waals surface area contributed by atoms with E-state index in [4.69, 9.17) is 10.8 Å². The number of likely N-dealkylation sites (tertiary alicyclic amines) is 1. The first-order valence-electron chi connectivity index (χ1n) is 6.26. The third-order valence-corrected chi connectivity index (χ3v) is 3.24. The van der Waals surface area contributed by atoms with E-state index < -0.39 is 5.97 Å². The quantitative estimate of drug-likeness (QED) is 0.689. The molecule has 1 aliphatic heterocycles. The lowest BCUT2D eigenvalue weighted by molar-refractivity contribution is 0.0698. The van der Waals surface area contributed by atoms with E-state index in [9.17, 15) is 4.79 Å². The van der Waals surface area contributed by atoms with Crippen LogP contribution in [0.5, 0.6) is 0 Å². The Balaban J connectivity index is 1.88. The summed E-state index contributed by atoms with van der Waals surface area (Å²) in [6.45, 7) is 4.16. The van der Waals surface area contributed by atoms with Gasteiger partial charge in [-0.05, 0) is 44.1 Å². The lowest BCUT2D eigenvalue weighted by Crippen LogP contribution is -2.26. The van der Waals surface area contributed by atoms with E-state index in [2.05, 4.69) is 10.2 Å². The molecule has 1 heterocycles. The Kier molecular flexibility index (Phi) is 4.04. The van der Waals surface area contributed by atoms with Crippen LogP contribution in [-0.2, 0) is 0 Å². The molecule has 5 nitrogen and oxygen atoms in total. The number of nitrogens with two attached hydrogens (primary N) is 1. The molecule has 1 aromatic carbocycles. The van der Waals surface area contributed by atoms with E-state index in [1.807, 2.05) is 6.07 Å². The van der Waals surface area contributed by atoms with Gasteiger partial charge < -0.3 is 21.1 Å². The molecule has 4 N–H and O–H groups in total. The predicted molar refractivity (Wildman–Crippen MR) is 72.0 cm³/mol. The first-order chi connectivity index (χ1) is 8.66. The van der Waals surface area contributed by atoms with Gasteiger partial charge >= 0.3 is 5.97 Å². The summed E-state index contributed by atoms with van der Waals surface area (Å²) in [4.78, 5) is 13.3. The summed E-state index contributed by atoms with van der Waals surface area (Å²) in [6, 6.07) is 5.02. The monoisotopic (exact) mass is 249 g/mol. The molecule has 0 radical (unpaired) electrons. The standard InChI is InChI=1S/C13H19N3O2/c14-12-4-3-10(9-11(12)13(17)18)15-5-8-16-6-1-2-7-16/h3-4,9,15H,1-2,5-8,14H2,(H,17,18). The average molecular weight is 249 g/mol. The molecular formula is C13H19N3O2. The van der Waals surface area contributed by atoms with Crippen LogP contribution in [0.1, 0.15) is 23.2 Å². The Morgan fingerprint density at radius 1 is 1.39 bits per heavy atom. The van der Waals surface area contributed by atoms with Gasteiger partial charge in [-0.3, -0.25) is 0 Å². The molecule has 0 aliphatic carbocycles. The predicted octanol–water partition coefficient (Wildman–Crippen LogP) is 1.47. The van der Waals surface area contributed by atoms with Gasteiger partial charge in [-0.25, -0.2) is 4.79 Å². The molecule has 0 atom stereocenters. The zero-order valence-corrected chi connectivity index (χ0v) is 10.4. The first-order valence-corrected chi connectivity index (χ1v) is 6.26. The van der Waals surface area contributed by atoms with Crippen LogP contribution in [0.4, 0.5) is 11.4 Å². The van der Waals surface area contributed by atoms with Gasteiger partial charge in [0.25, 0.3) is 0 Å². The largest absolute Gasteiger partial charge is 0.478 e. The molecule has 18 heavy (non-hydrogen) atoms. The van der Waals surface area contributed by atoms with Crippen LogP contribution in [0.3, 0.4) is 0 Å². The molecule has 0 unspecified atom stereocenters. The number of carboxylic acid groups (broad SMARTS) is 1. The molecule has 2 rings (SSSR count). The van der Waals surface area contributed by atoms with Gasteiger partial charge in [-0.15, -0.1) is 0 Å². The van der Waals surface area contributed by atoms with Crippen LogP contribution in [-0.4, -0.2) is 42.2 Å². The SMILES string of the molecule is Nc1ccc(NCCN2CCCC2)cc1C(=O)O. The third kappa shape index (κ3) is 3.13. The average Bonchev–Trinajstić information content (AvgIpc) is 2.84. The smallest absolute Gasteiger partial charge is 0.337 e. The lowest BCUT2D eigenvalue weighted by atomic mass is 10.1. The van der Waals surface area contributed by atoms with Gasteiger partial charge in [0.05, 0.1) is 5.56 Å². The Morgan fingerprint density at radius 3 is 2.78 bits per heavy atom. The number of nitrogen functional groups attached to an aromatic ring is 1. The Hall–Kier alpha value is -1.75. The molecule has 0 aromatic heterocycles. The van der Waals surface area contributed by atoms with Crippen molar-refractivity contribution in [3.05, 3.63) is 23.8 Å². The maximum absolute atomic E-state index is 10.9. The number of benzene rings is 1. The second-order valence-electron chi connectivity index (χ2n) is 4.58. The molecule has 1 saturated heterocycles. The number of rotatable bonds is 5. The van der Waals surface area contributed by atoms with Crippen molar-refractivity contribution >= 4 is 17.3 Å². The second kappa shape index (κ2) is 5.73. The highest BCUT2D eigenvalue weighted by Crippen LogP contribution is 2.17. The van der Waals surface area contributed by atoms with E-state index in [-0.39, 0.29) is 5.56 Å². The van der Waals surface area contributed by atoms with Gasteiger partial charge in [0, 0.05) is 24.5 Å². The van der Waals surface area contributed by atoms with Crippen molar-refractivity contribution in [1.82, 2.24) is 4.90 Å². The van der Waals surface area contributed by atoms with Crippen LogP contribution in [0.15, 0.2) is 18.2 Å². The first kappa shape index (κ1) is 12.7. The highest BCUT2D eigenvalue weighted by Gasteiger charge is 2.11. The molecule has 0 saturated carbocycles. The summed E-state index contributed by atoms with van der Waals surface area (Å²) in [5, 5.41) is 12.2. The molecule has 1 aromatic rings. The summed E-state index contributed by atoms with van der Waals surface area (Å²) < 4.78 is 0. The molecule has 0 amide bonds. The second-order valence-corrected chi connectivity index (χ2v) is 4.58. The number of carbonyl (C=O) groups is 1. The molecule has 0 spiro atoms. The number of hydrogen-bond donors (Lipinski definition) is 3. The van der Waals surface area contributed by atoms with E-state index >= 15 is 0 Å². The topological polar surface area (TPSA) is 78.6 Å². The number of aromatic carboxylic acids is 1. The van der Waals surface area contributed by atoms with Crippen LogP contribution >= 0.6 is 0 Å². The van der Waals surface area contributed by atoms with E-state index in [1.54, 1.807) is 12.1 Å². The van der Waals surface area contributed by atoms with Crippen molar-refractivity contribution in [1.29, 1.82) is 0 Å². The number of nitrogens with zero attached hydrogens (tertiary/aromatic N) is 1. The lowest BCUT2D eigenvalue weighted by Gasteiger charge is -2.15. The number of anilines is 2. The van der Waals surface area contributed by atoms with Crippen LogP contribution in [0, 0.1) is 0 Å². The molecule has 0 bridgehead atoms. The van der Waals surface area contributed by atoms with E-state index in [0.717, 1.165) is 18.8 Å². The number of hydrogen-bond acceptors (Lipinski definition) is 4. The molecule has 1 aliphatic rings. The van der Waals surface area contributed by atoms with Crippen molar-refractivity contribution < 1.29 is 9.90 Å². The Bertz CT molecular complexity index is 428. The molecule has 1 fully saturated rings. The Morgan fingerprint density at radius 2 is 2.11 bits per heavy atom. The van der Waals surface area contributed by atoms with Gasteiger partial charge in [0.15, 0.2) is 0 Å². The minimum absolute atomic E-state index is 0.154. The summed E-state index contributed by atoms with van der Waals surface area (Å²) in [5.74, 6) is -0.990. The summed E-state index contributed by atoms with van der Waals surface area (Å²) in [7, 11) is 0. The summed E-state index contributed by atoms with van der Waals surface area (Å²) in [6.07, 6.45) is 2.57. The highest BCUT2D eigenvalue weighted by molar-refractivity contribution is 5.94. The number of carboxylic acids is 1. The van der Waals surface area contributed by atoms with Crippen LogP contribution in [0.2, 0.25) is 0 Å². The van der Waals surface area contributed by atoms with Crippen LogP contribution < -0.4 is 11.1 Å². The maximum atomic E-state index is 10.9. The van der Waals surface area contributed by atoms with E-state index in [1.165, 1.54) is 25.9 Å². The van der Waals surface area contributed by atoms with Gasteiger partial charge in [-0.1, -0.05) is 0 Å². The van der Waals surface area contributed by atoms with Crippen molar-refractivity contribution in [2.45, 2.75) is 12.8 Å². The van der Waals surface area contributed by atoms with Crippen molar-refractivity contribution in [2.75, 3.05) is 37.2 Å². The third-order valence-electron chi connectivity index (χ3n) is 3.24. The highest BCUT2D eigenvalue weighted by atomic mass is 16.4. The Labute approximate surface area is 107 Å². The normalized spacial score (nSPS) is 15.8. The van der Waals surface area contributed by atoms with Crippen molar-refractivity contribution in [3.8, 4) is 0 Å². The van der Waals surface area contributed by atoms with Gasteiger partial charge in [0.2, 0.25) is 0 Å².